The summed E-state index contributed by atoms with van der Waals surface area (Å²) in [6, 6.07) is 0. The zero-order valence-corrected chi connectivity index (χ0v) is 6.97. The lowest BCUT2D eigenvalue weighted by atomic mass is 10.1. The molecule has 0 aromatic rings. The minimum Gasteiger partial charge on any atom is -0.370 e. The van der Waals surface area contributed by atoms with Crippen LogP contribution in [-0.2, 0) is 9.59 Å². The summed E-state index contributed by atoms with van der Waals surface area (Å²) in [5, 5.41) is 0. The summed E-state index contributed by atoms with van der Waals surface area (Å²) in [6.07, 6.45) is 0. The number of ketones is 1. The largest absolute Gasteiger partial charge is 0.370 e. The summed E-state index contributed by atoms with van der Waals surface area (Å²) in [4.78, 5) is 19.4. The Morgan fingerprint density at radius 3 is 1.30 bits per heavy atom. The van der Waals surface area contributed by atoms with Crippen molar-refractivity contribution >= 4 is 11.7 Å². The number of nitrogens with two attached hydrogens (primary N) is 1. The summed E-state index contributed by atoms with van der Waals surface area (Å²) >= 11 is 0. The number of Topliss-reactive ketones (excluding diaryl/α,β-unsaturated/α-hetero) is 1. The number of primary amides is 1. The molecule has 60 valence electrons. The van der Waals surface area contributed by atoms with Crippen molar-refractivity contribution in [2.24, 2.45) is 11.7 Å². The second kappa shape index (κ2) is 6.26. The van der Waals surface area contributed by atoms with E-state index in [-0.39, 0.29) is 17.6 Å². The Balaban J connectivity index is 0. The molecule has 0 aromatic carbocycles. The summed E-state index contributed by atoms with van der Waals surface area (Å²) in [6.45, 7) is 6.69. The first-order chi connectivity index (χ1) is 4.37. The van der Waals surface area contributed by atoms with E-state index in [9.17, 15) is 9.59 Å². The van der Waals surface area contributed by atoms with E-state index in [2.05, 4.69) is 5.73 Å². The molecular formula is C7H15NO2. The summed E-state index contributed by atoms with van der Waals surface area (Å²) < 4.78 is 0. The minimum atomic E-state index is -0.333. The molecular weight excluding hydrogens is 130 g/mol. The third-order valence-corrected chi connectivity index (χ3v) is 0.813. The SMILES string of the molecule is CC(=O)C(C)C.CC(N)=O. The molecule has 0 spiro atoms. The number of carbonyl (C=O) groups is 2. The highest BCUT2D eigenvalue weighted by Crippen LogP contribution is 1.89. The van der Waals surface area contributed by atoms with E-state index in [1.54, 1.807) is 6.92 Å². The van der Waals surface area contributed by atoms with E-state index in [4.69, 9.17) is 0 Å². The Labute approximate surface area is 61.6 Å². The highest BCUT2D eigenvalue weighted by atomic mass is 16.1. The van der Waals surface area contributed by atoms with Crippen LogP contribution in [0.3, 0.4) is 0 Å². The molecule has 0 rings (SSSR count). The van der Waals surface area contributed by atoms with Crippen LogP contribution < -0.4 is 5.73 Å². The first kappa shape index (κ1) is 11.9. The zero-order chi connectivity index (χ0) is 8.73. The molecule has 0 fully saturated rings. The molecule has 0 atom stereocenters. The number of carbonyl (C=O) groups excluding carboxylic acids is 2. The maximum Gasteiger partial charge on any atom is 0.214 e. The van der Waals surface area contributed by atoms with Gasteiger partial charge in [-0.25, -0.2) is 0 Å². The smallest absolute Gasteiger partial charge is 0.214 e. The first-order valence-corrected chi connectivity index (χ1v) is 3.14. The van der Waals surface area contributed by atoms with Crippen LogP contribution in [0.4, 0.5) is 0 Å². The standard InChI is InChI=1S/C5H10O.C2H5NO/c1-4(2)5(3)6;1-2(3)4/h4H,1-3H3;1H3,(H2,3,4). The zero-order valence-electron chi connectivity index (χ0n) is 6.97. The molecule has 2 N–H and O–H groups in total. The molecule has 0 unspecified atom stereocenters. The molecule has 0 heterocycles. The van der Waals surface area contributed by atoms with Crippen LogP contribution in [-0.4, -0.2) is 11.7 Å². The number of hydrogen-bond donors (Lipinski definition) is 1. The van der Waals surface area contributed by atoms with E-state index in [0.29, 0.717) is 0 Å². The monoisotopic (exact) mass is 145 g/mol. The third kappa shape index (κ3) is 27.3. The van der Waals surface area contributed by atoms with Gasteiger partial charge in [-0.1, -0.05) is 13.8 Å². The van der Waals surface area contributed by atoms with Gasteiger partial charge < -0.3 is 5.73 Å². The second-order valence-corrected chi connectivity index (χ2v) is 2.38. The molecule has 3 heteroatoms. The molecule has 3 nitrogen and oxygen atoms in total. The van der Waals surface area contributed by atoms with Crippen LogP contribution in [0.25, 0.3) is 0 Å². The fourth-order valence-corrected chi connectivity index (χ4v) is 0. The molecule has 0 aliphatic carbocycles. The Morgan fingerprint density at radius 1 is 1.20 bits per heavy atom. The highest BCUT2D eigenvalue weighted by Gasteiger charge is 1.95. The molecule has 0 aliphatic rings. The Bertz CT molecular complexity index is 115. The fraction of sp³-hybridized carbons (Fsp3) is 0.714. The van der Waals surface area contributed by atoms with E-state index >= 15 is 0 Å². The lowest BCUT2D eigenvalue weighted by Crippen LogP contribution is -2.01. The van der Waals surface area contributed by atoms with Crippen LogP contribution in [0.15, 0.2) is 0 Å². The van der Waals surface area contributed by atoms with Gasteiger partial charge in [-0.15, -0.1) is 0 Å². The lowest BCUT2D eigenvalue weighted by molar-refractivity contribution is -0.119. The van der Waals surface area contributed by atoms with Gasteiger partial charge in [0.2, 0.25) is 5.91 Å². The molecule has 0 aromatic heterocycles. The topological polar surface area (TPSA) is 60.2 Å². The quantitative estimate of drug-likeness (QED) is 0.591. The average molecular weight is 145 g/mol. The molecule has 1 amide bonds. The molecule has 0 aliphatic heterocycles. The van der Waals surface area contributed by atoms with Gasteiger partial charge in [0.1, 0.15) is 5.78 Å². The van der Waals surface area contributed by atoms with Crippen molar-refractivity contribution in [3.63, 3.8) is 0 Å². The van der Waals surface area contributed by atoms with Crippen molar-refractivity contribution in [3.05, 3.63) is 0 Å². The molecule has 0 bridgehead atoms. The summed E-state index contributed by atoms with van der Waals surface area (Å²) in [5.74, 6) is 0.139. The predicted molar refractivity (Wildman–Crippen MR) is 40.4 cm³/mol. The normalized spacial score (nSPS) is 8.10. The van der Waals surface area contributed by atoms with Crippen molar-refractivity contribution in [3.8, 4) is 0 Å². The fourth-order valence-electron chi connectivity index (χ4n) is 0. The van der Waals surface area contributed by atoms with E-state index in [1.807, 2.05) is 13.8 Å². The van der Waals surface area contributed by atoms with Gasteiger partial charge in [0.05, 0.1) is 0 Å². The highest BCUT2D eigenvalue weighted by molar-refractivity contribution is 5.77. The van der Waals surface area contributed by atoms with Gasteiger partial charge in [0.25, 0.3) is 0 Å². The van der Waals surface area contributed by atoms with E-state index in [1.165, 1.54) is 6.92 Å². The van der Waals surface area contributed by atoms with Crippen molar-refractivity contribution in [1.29, 1.82) is 0 Å². The first-order valence-electron chi connectivity index (χ1n) is 3.14. The minimum absolute atomic E-state index is 0.213. The van der Waals surface area contributed by atoms with Crippen LogP contribution in [0.2, 0.25) is 0 Å². The van der Waals surface area contributed by atoms with Crippen molar-refractivity contribution in [1.82, 2.24) is 0 Å². The lowest BCUT2D eigenvalue weighted by Gasteiger charge is -1.90. The maximum atomic E-state index is 10.1. The molecule has 10 heavy (non-hydrogen) atoms. The summed E-state index contributed by atoms with van der Waals surface area (Å²) in [7, 11) is 0. The average Bonchev–Trinajstić information content (AvgIpc) is 1.63. The number of rotatable bonds is 1. The number of amides is 1. The van der Waals surface area contributed by atoms with Crippen LogP contribution in [0.1, 0.15) is 27.7 Å². The van der Waals surface area contributed by atoms with E-state index in [0.717, 1.165) is 0 Å². The number of hydrogen-bond acceptors (Lipinski definition) is 2. The van der Waals surface area contributed by atoms with Gasteiger partial charge in [0.15, 0.2) is 0 Å². The Kier molecular flexibility index (Phi) is 7.44. The molecule has 0 saturated heterocycles. The predicted octanol–water partition coefficient (Wildman–Crippen LogP) is 0.723. The van der Waals surface area contributed by atoms with Crippen molar-refractivity contribution in [2.75, 3.05) is 0 Å². The van der Waals surface area contributed by atoms with E-state index < -0.39 is 0 Å². The van der Waals surface area contributed by atoms with Crippen LogP contribution in [0.5, 0.6) is 0 Å². The van der Waals surface area contributed by atoms with Gasteiger partial charge in [-0.3, -0.25) is 9.59 Å². The second-order valence-electron chi connectivity index (χ2n) is 2.38. The van der Waals surface area contributed by atoms with Gasteiger partial charge in [-0.05, 0) is 6.92 Å². The van der Waals surface area contributed by atoms with Crippen molar-refractivity contribution in [2.45, 2.75) is 27.7 Å². The maximum absolute atomic E-state index is 10.1. The van der Waals surface area contributed by atoms with Crippen LogP contribution >= 0.6 is 0 Å². The summed E-state index contributed by atoms with van der Waals surface area (Å²) in [5.41, 5.74) is 4.47. The van der Waals surface area contributed by atoms with Gasteiger partial charge in [-0.2, -0.15) is 0 Å². The Morgan fingerprint density at radius 2 is 1.30 bits per heavy atom. The van der Waals surface area contributed by atoms with Crippen molar-refractivity contribution < 1.29 is 9.59 Å². The van der Waals surface area contributed by atoms with Crippen LogP contribution in [0, 0.1) is 5.92 Å². The van der Waals surface area contributed by atoms with Gasteiger partial charge in [0, 0.05) is 12.8 Å². The Hall–Kier alpha value is -0.860. The third-order valence-electron chi connectivity index (χ3n) is 0.813. The van der Waals surface area contributed by atoms with Gasteiger partial charge >= 0.3 is 0 Å². The molecule has 0 radical (unpaired) electrons. The molecule has 0 saturated carbocycles.